The van der Waals surface area contributed by atoms with Gasteiger partial charge in [0.2, 0.25) is 0 Å². The number of aromatic nitrogens is 2. The number of nitrogens with zero attached hydrogens (tertiary/aromatic N) is 3. The molecule has 0 aliphatic carbocycles. The number of imidazole rings is 1. The van der Waals surface area contributed by atoms with E-state index in [9.17, 15) is 8.42 Å². The van der Waals surface area contributed by atoms with Crippen molar-refractivity contribution in [1.29, 1.82) is 0 Å². The number of aliphatic imine (C=N–C) groups is 1. The van der Waals surface area contributed by atoms with Crippen molar-refractivity contribution in [2.24, 2.45) is 4.99 Å². The highest BCUT2D eigenvalue weighted by molar-refractivity contribution is 7.90. The Hall–Kier alpha value is -2.15. The summed E-state index contributed by atoms with van der Waals surface area (Å²) in [6.45, 7) is 2.58. The molecule has 0 radical (unpaired) electrons. The van der Waals surface area contributed by atoms with Crippen molar-refractivity contribution in [3.63, 3.8) is 0 Å². The van der Waals surface area contributed by atoms with E-state index in [-0.39, 0.29) is 10.9 Å². The fraction of sp³-hybridized carbons (Fsp3) is 0.231. The molecule has 3 rings (SSSR count). The summed E-state index contributed by atoms with van der Waals surface area (Å²) in [6, 6.07) is 6.79. The van der Waals surface area contributed by atoms with Gasteiger partial charge in [0.1, 0.15) is 5.84 Å². The fourth-order valence-corrected chi connectivity index (χ4v) is 3.43. The molecule has 0 bridgehead atoms. The Kier molecular flexibility index (Phi) is 3.06. The molecule has 7 heteroatoms. The van der Waals surface area contributed by atoms with Crippen LogP contribution < -0.4 is 4.72 Å². The van der Waals surface area contributed by atoms with E-state index in [0.29, 0.717) is 17.9 Å². The summed E-state index contributed by atoms with van der Waals surface area (Å²) in [4.78, 5) is 8.72. The molecule has 1 aromatic heterocycles. The van der Waals surface area contributed by atoms with E-state index in [1.54, 1.807) is 36.8 Å². The van der Waals surface area contributed by atoms with Gasteiger partial charge in [-0.2, -0.15) is 0 Å². The first kappa shape index (κ1) is 12.9. The van der Waals surface area contributed by atoms with Crippen LogP contribution >= 0.6 is 0 Å². The minimum atomic E-state index is -3.46. The number of sulfonamides is 1. The summed E-state index contributed by atoms with van der Waals surface area (Å²) >= 11 is 0. The molecule has 0 amide bonds. The Labute approximate surface area is 117 Å². The summed E-state index contributed by atoms with van der Waals surface area (Å²) in [5, 5.41) is 0. The van der Waals surface area contributed by atoms with E-state index in [1.165, 1.54) is 0 Å². The zero-order valence-corrected chi connectivity index (χ0v) is 11.7. The summed E-state index contributed by atoms with van der Waals surface area (Å²) in [7, 11) is -3.46. The number of hydrogen-bond acceptors (Lipinski definition) is 4. The Balaban J connectivity index is 1.90. The molecule has 1 aromatic carbocycles. The molecule has 1 N–H and O–H groups in total. The van der Waals surface area contributed by atoms with Gasteiger partial charge >= 0.3 is 0 Å². The second-order valence-electron chi connectivity index (χ2n) is 4.69. The lowest BCUT2D eigenvalue weighted by Crippen LogP contribution is -2.24. The molecule has 0 spiro atoms. The molecule has 2 aromatic rings. The molecular weight excluding hydrogens is 276 g/mol. The number of benzene rings is 1. The highest BCUT2D eigenvalue weighted by Gasteiger charge is 2.30. The Bertz CT molecular complexity index is 750. The maximum atomic E-state index is 12.0. The summed E-state index contributed by atoms with van der Waals surface area (Å²) in [6.07, 6.45) is 5.26. The largest absolute Gasteiger partial charge is 0.335 e. The number of fused-ring (bicyclic) bond motifs is 1. The van der Waals surface area contributed by atoms with Gasteiger partial charge in [-0.15, -0.1) is 0 Å². The summed E-state index contributed by atoms with van der Waals surface area (Å²) in [5.41, 5.74) is 0.630. The minimum absolute atomic E-state index is 0.0620. The predicted molar refractivity (Wildman–Crippen MR) is 75.0 cm³/mol. The third-order valence-corrected chi connectivity index (χ3v) is 4.44. The van der Waals surface area contributed by atoms with Crippen LogP contribution in [0.15, 0.2) is 52.9 Å². The summed E-state index contributed by atoms with van der Waals surface area (Å²) < 4.78 is 28.3. The lowest BCUT2D eigenvalue weighted by atomic mass is 10.2. The first-order valence-corrected chi connectivity index (χ1v) is 7.70. The zero-order chi connectivity index (χ0) is 14.2. The lowest BCUT2D eigenvalue weighted by molar-refractivity contribution is 0.588. The smallest absolute Gasteiger partial charge is 0.263 e. The van der Waals surface area contributed by atoms with Crippen molar-refractivity contribution in [2.45, 2.75) is 24.4 Å². The Morgan fingerprint density at radius 2 is 2.20 bits per heavy atom. The number of amidine groups is 1. The normalized spacial score (nSPS) is 19.6. The highest BCUT2D eigenvalue weighted by Crippen LogP contribution is 2.22. The van der Waals surface area contributed by atoms with Crippen LogP contribution in [0.3, 0.4) is 0 Å². The van der Waals surface area contributed by atoms with Crippen molar-refractivity contribution in [3.8, 4) is 0 Å². The molecule has 0 saturated heterocycles. The number of nitrogens with one attached hydrogen (secondary N) is 1. The second-order valence-corrected chi connectivity index (χ2v) is 6.34. The minimum Gasteiger partial charge on any atom is -0.335 e. The van der Waals surface area contributed by atoms with Gasteiger partial charge in [0.05, 0.1) is 17.3 Å². The van der Waals surface area contributed by atoms with Gasteiger partial charge in [0.15, 0.2) is 0 Å². The van der Waals surface area contributed by atoms with Crippen LogP contribution in [0.1, 0.15) is 12.5 Å². The molecule has 0 fully saturated rings. The predicted octanol–water partition coefficient (Wildman–Crippen LogP) is 1.01. The molecule has 104 valence electrons. The first-order chi connectivity index (χ1) is 9.56. The fourth-order valence-electron chi connectivity index (χ4n) is 2.19. The van der Waals surface area contributed by atoms with E-state index in [2.05, 4.69) is 14.7 Å². The van der Waals surface area contributed by atoms with Crippen LogP contribution in [0.4, 0.5) is 0 Å². The van der Waals surface area contributed by atoms with Gasteiger partial charge in [-0.05, 0) is 19.1 Å². The van der Waals surface area contributed by atoms with Crippen molar-refractivity contribution in [2.75, 3.05) is 0 Å². The van der Waals surface area contributed by atoms with Crippen LogP contribution in [0, 0.1) is 0 Å². The molecule has 1 aliphatic heterocycles. The highest BCUT2D eigenvalue weighted by atomic mass is 32.2. The second kappa shape index (κ2) is 4.75. The Morgan fingerprint density at radius 1 is 1.40 bits per heavy atom. The van der Waals surface area contributed by atoms with Gasteiger partial charge in [-0.25, -0.2) is 13.4 Å². The van der Waals surface area contributed by atoms with Crippen molar-refractivity contribution in [1.82, 2.24) is 14.3 Å². The van der Waals surface area contributed by atoms with Crippen LogP contribution in [0.5, 0.6) is 0 Å². The Morgan fingerprint density at radius 3 is 2.95 bits per heavy atom. The molecule has 20 heavy (non-hydrogen) atoms. The van der Waals surface area contributed by atoms with Gasteiger partial charge in [-0.3, -0.25) is 9.71 Å². The van der Waals surface area contributed by atoms with Crippen LogP contribution in [-0.2, 0) is 16.6 Å². The average Bonchev–Trinajstić information content (AvgIpc) is 2.98. The van der Waals surface area contributed by atoms with E-state index in [4.69, 9.17) is 0 Å². The SMILES string of the molecule is CC(Cn1ccnc1)N=C1NS(=O)(=O)c2ccccc21. The molecule has 1 unspecified atom stereocenters. The van der Waals surface area contributed by atoms with Crippen molar-refractivity contribution >= 4 is 15.9 Å². The molecule has 0 saturated carbocycles. The number of rotatable bonds is 3. The standard InChI is InChI=1S/C13H14N4O2S/c1-10(8-17-7-6-14-9-17)15-13-11-4-2-3-5-12(11)20(18,19)16-13/h2-7,9-10H,8H2,1H3,(H,15,16). The molecule has 1 atom stereocenters. The average molecular weight is 290 g/mol. The van der Waals surface area contributed by atoms with Crippen molar-refractivity contribution in [3.05, 3.63) is 48.5 Å². The van der Waals surface area contributed by atoms with E-state index >= 15 is 0 Å². The lowest BCUT2D eigenvalue weighted by Gasteiger charge is -2.08. The third kappa shape index (κ3) is 2.32. The molecular formula is C13H14N4O2S. The van der Waals surface area contributed by atoms with Crippen LogP contribution in [-0.4, -0.2) is 29.8 Å². The van der Waals surface area contributed by atoms with Gasteiger partial charge in [-0.1, -0.05) is 12.1 Å². The molecule has 1 aliphatic rings. The van der Waals surface area contributed by atoms with Crippen molar-refractivity contribution < 1.29 is 8.42 Å². The zero-order valence-electron chi connectivity index (χ0n) is 10.9. The molecule has 6 nitrogen and oxygen atoms in total. The summed E-state index contributed by atoms with van der Waals surface area (Å²) in [5.74, 6) is 0.410. The van der Waals surface area contributed by atoms with Gasteiger partial charge in [0.25, 0.3) is 10.0 Å². The molecule has 2 heterocycles. The van der Waals surface area contributed by atoms with Crippen LogP contribution in [0.2, 0.25) is 0 Å². The monoisotopic (exact) mass is 290 g/mol. The third-order valence-electron chi connectivity index (χ3n) is 3.05. The maximum absolute atomic E-state index is 12.0. The van der Waals surface area contributed by atoms with E-state index < -0.39 is 10.0 Å². The number of hydrogen-bond donors (Lipinski definition) is 1. The maximum Gasteiger partial charge on any atom is 0.263 e. The first-order valence-electron chi connectivity index (χ1n) is 6.22. The van der Waals surface area contributed by atoms with Gasteiger partial charge < -0.3 is 4.57 Å². The van der Waals surface area contributed by atoms with Gasteiger partial charge in [0, 0.05) is 24.5 Å². The van der Waals surface area contributed by atoms with Crippen LogP contribution in [0.25, 0.3) is 0 Å². The van der Waals surface area contributed by atoms with E-state index in [0.717, 1.165) is 0 Å². The quantitative estimate of drug-likeness (QED) is 0.916. The topological polar surface area (TPSA) is 76.3 Å². The van der Waals surface area contributed by atoms with E-state index in [1.807, 2.05) is 17.7 Å².